The van der Waals surface area contributed by atoms with Crippen LogP contribution in [0.15, 0.2) is 0 Å². The van der Waals surface area contributed by atoms with Gasteiger partial charge in [-0.05, 0) is 19.4 Å². The molecule has 0 radical (unpaired) electrons. The van der Waals surface area contributed by atoms with Crippen molar-refractivity contribution in [3.8, 4) is 0 Å². The van der Waals surface area contributed by atoms with Gasteiger partial charge < -0.3 is 29.7 Å². The summed E-state index contributed by atoms with van der Waals surface area (Å²) < 4.78 is 15.8. The number of carbonyl (C=O) groups is 1. The van der Waals surface area contributed by atoms with Gasteiger partial charge in [-0.15, -0.1) is 0 Å². The maximum Gasteiger partial charge on any atom is 0.246 e. The first-order valence-corrected chi connectivity index (χ1v) is 8.07. The predicted molar refractivity (Wildman–Crippen MR) is 82.0 cm³/mol. The average Bonchev–Trinajstić information content (AvgIpc) is 3.10. The van der Waals surface area contributed by atoms with E-state index in [9.17, 15) is 15.0 Å². The molecule has 0 aliphatic carbocycles. The minimum Gasteiger partial charge on any atom is -0.394 e. The highest BCUT2D eigenvalue weighted by atomic mass is 16.5. The second kappa shape index (κ2) is 8.91. The molecule has 1 amide bonds. The Morgan fingerprint density at radius 3 is 2.78 bits per heavy atom. The van der Waals surface area contributed by atoms with Crippen molar-refractivity contribution in [1.82, 2.24) is 10.2 Å². The van der Waals surface area contributed by atoms with E-state index in [0.717, 1.165) is 19.4 Å². The standard InChI is InChI=1S/C15H28N2O6/c1-21-8-10-4-3-5-17(10)14-11(6-16-13(19)9-22-2)23-12(7-18)15(14)20/h10-12,14-15,18,20H,3-9H2,1-2H3,(H,16,19)/t10-,11-,12+,14+,15-/m1/s1. The van der Waals surface area contributed by atoms with Gasteiger partial charge in [0.15, 0.2) is 0 Å². The first kappa shape index (κ1) is 18.6. The van der Waals surface area contributed by atoms with Crippen LogP contribution in [0.2, 0.25) is 0 Å². The van der Waals surface area contributed by atoms with Crippen LogP contribution in [-0.2, 0) is 19.0 Å². The van der Waals surface area contributed by atoms with Crippen LogP contribution in [0.1, 0.15) is 12.8 Å². The fourth-order valence-electron chi connectivity index (χ4n) is 3.57. The van der Waals surface area contributed by atoms with Crippen molar-refractivity contribution in [2.75, 3.05) is 47.1 Å². The molecule has 0 aromatic heterocycles. The number of rotatable bonds is 8. The lowest BCUT2D eigenvalue weighted by Crippen LogP contribution is -2.53. The molecule has 0 aromatic carbocycles. The van der Waals surface area contributed by atoms with Crippen molar-refractivity contribution in [3.63, 3.8) is 0 Å². The molecule has 2 saturated heterocycles. The van der Waals surface area contributed by atoms with Crippen molar-refractivity contribution >= 4 is 5.91 Å². The van der Waals surface area contributed by atoms with Crippen molar-refractivity contribution < 1.29 is 29.2 Å². The van der Waals surface area contributed by atoms with Crippen LogP contribution >= 0.6 is 0 Å². The summed E-state index contributed by atoms with van der Waals surface area (Å²) in [7, 11) is 3.12. The molecule has 0 unspecified atom stereocenters. The van der Waals surface area contributed by atoms with E-state index in [4.69, 9.17) is 14.2 Å². The third-order valence-electron chi connectivity index (χ3n) is 4.58. The van der Waals surface area contributed by atoms with Gasteiger partial charge in [0.25, 0.3) is 0 Å². The first-order chi connectivity index (χ1) is 11.1. The second-order valence-electron chi connectivity index (χ2n) is 6.10. The summed E-state index contributed by atoms with van der Waals surface area (Å²) in [5.74, 6) is -0.230. The Bertz CT molecular complexity index is 383. The van der Waals surface area contributed by atoms with Crippen LogP contribution in [0.4, 0.5) is 0 Å². The Kier molecular flexibility index (Phi) is 7.19. The van der Waals surface area contributed by atoms with Crippen LogP contribution < -0.4 is 5.32 Å². The summed E-state index contributed by atoms with van der Waals surface area (Å²) in [5, 5.41) is 22.7. The van der Waals surface area contributed by atoms with Crippen LogP contribution in [0.3, 0.4) is 0 Å². The molecule has 3 N–H and O–H groups in total. The van der Waals surface area contributed by atoms with Crippen LogP contribution in [0.25, 0.3) is 0 Å². The summed E-state index contributed by atoms with van der Waals surface area (Å²) in [5.41, 5.74) is 0. The van der Waals surface area contributed by atoms with Gasteiger partial charge in [0, 0.05) is 26.8 Å². The molecule has 5 atom stereocenters. The second-order valence-corrected chi connectivity index (χ2v) is 6.10. The van der Waals surface area contributed by atoms with Crippen molar-refractivity contribution in [2.45, 2.75) is 43.2 Å². The fourth-order valence-corrected chi connectivity index (χ4v) is 3.57. The zero-order valence-electron chi connectivity index (χ0n) is 13.8. The molecule has 2 aliphatic rings. The van der Waals surface area contributed by atoms with E-state index in [-0.39, 0.29) is 43.9 Å². The number of likely N-dealkylation sites (tertiary alicyclic amines) is 1. The Labute approximate surface area is 136 Å². The van der Waals surface area contributed by atoms with Gasteiger partial charge in [-0.3, -0.25) is 9.69 Å². The predicted octanol–water partition coefficient (Wildman–Crippen LogP) is -1.65. The van der Waals surface area contributed by atoms with E-state index in [2.05, 4.69) is 10.2 Å². The molecule has 0 bridgehead atoms. The normalized spacial score (nSPS) is 34.9. The molecular weight excluding hydrogens is 304 g/mol. The Morgan fingerprint density at radius 2 is 2.13 bits per heavy atom. The smallest absolute Gasteiger partial charge is 0.246 e. The molecule has 23 heavy (non-hydrogen) atoms. The van der Waals surface area contributed by atoms with Crippen molar-refractivity contribution in [3.05, 3.63) is 0 Å². The van der Waals surface area contributed by atoms with E-state index >= 15 is 0 Å². The van der Waals surface area contributed by atoms with Gasteiger partial charge >= 0.3 is 0 Å². The van der Waals surface area contributed by atoms with Gasteiger partial charge in [0.05, 0.1) is 25.4 Å². The molecule has 8 nitrogen and oxygen atoms in total. The van der Waals surface area contributed by atoms with E-state index in [1.807, 2.05) is 0 Å². The zero-order chi connectivity index (χ0) is 16.8. The number of hydrogen-bond acceptors (Lipinski definition) is 7. The zero-order valence-corrected chi connectivity index (χ0v) is 13.8. The lowest BCUT2D eigenvalue weighted by molar-refractivity contribution is -0.125. The van der Waals surface area contributed by atoms with Crippen molar-refractivity contribution in [2.24, 2.45) is 0 Å². The highest BCUT2D eigenvalue weighted by molar-refractivity contribution is 5.77. The van der Waals surface area contributed by atoms with Gasteiger partial charge in [0.1, 0.15) is 18.8 Å². The largest absolute Gasteiger partial charge is 0.394 e. The SMILES string of the molecule is COCC(=O)NC[C@H]1O[C@@H](CO)[C@@H](O)[C@H]1N1CCC[C@@H]1COC. The fraction of sp³-hybridized carbons (Fsp3) is 0.933. The first-order valence-electron chi connectivity index (χ1n) is 8.07. The maximum atomic E-state index is 11.6. The molecule has 0 saturated carbocycles. The minimum absolute atomic E-state index is 0.0145. The average molecular weight is 332 g/mol. The summed E-state index contributed by atoms with van der Waals surface area (Å²) in [4.78, 5) is 13.8. The monoisotopic (exact) mass is 332 g/mol. The van der Waals surface area contributed by atoms with E-state index in [1.165, 1.54) is 7.11 Å². The van der Waals surface area contributed by atoms with E-state index in [1.54, 1.807) is 7.11 Å². The van der Waals surface area contributed by atoms with Crippen molar-refractivity contribution in [1.29, 1.82) is 0 Å². The number of aliphatic hydroxyl groups is 2. The third kappa shape index (κ3) is 4.40. The third-order valence-corrected chi connectivity index (χ3v) is 4.58. The van der Waals surface area contributed by atoms with E-state index in [0.29, 0.717) is 6.61 Å². The molecule has 134 valence electrons. The van der Waals surface area contributed by atoms with Crippen LogP contribution in [0, 0.1) is 0 Å². The highest BCUT2D eigenvalue weighted by Crippen LogP contribution is 2.31. The summed E-state index contributed by atoms with van der Waals surface area (Å²) in [6.07, 6.45) is 0.239. The molecule has 8 heteroatoms. The molecule has 2 rings (SSSR count). The van der Waals surface area contributed by atoms with Crippen LogP contribution in [-0.4, -0.2) is 98.5 Å². The Balaban J connectivity index is 2.03. The van der Waals surface area contributed by atoms with Gasteiger partial charge in [-0.25, -0.2) is 0 Å². The number of methoxy groups -OCH3 is 2. The molecule has 2 aliphatic heterocycles. The Hall–Kier alpha value is -0.770. The molecular formula is C15H28N2O6. The quantitative estimate of drug-likeness (QED) is 0.490. The summed E-state index contributed by atoms with van der Waals surface area (Å²) in [6.45, 7) is 1.45. The summed E-state index contributed by atoms with van der Waals surface area (Å²) >= 11 is 0. The number of nitrogens with zero attached hydrogens (tertiary/aromatic N) is 1. The number of nitrogens with one attached hydrogen (secondary N) is 1. The lowest BCUT2D eigenvalue weighted by atomic mass is 10.0. The lowest BCUT2D eigenvalue weighted by Gasteiger charge is -2.34. The highest BCUT2D eigenvalue weighted by Gasteiger charge is 2.48. The molecule has 0 aromatic rings. The Morgan fingerprint density at radius 1 is 1.35 bits per heavy atom. The topological polar surface area (TPSA) is 100 Å². The van der Waals surface area contributed by atoms with Gasteiger partial charge in [0.2, 0.25) is 5.91 Å². The van der Waals surface area contributed by atoms with Gasteiger partial charge in [-0.1, -0.05) is 0 Å². The molecule has 2 heterocycles. The van der Waals surface area contributed by atoms with Crippen LogP contribution in [0.5, 0.6) is 0 Å². The number of hydrogen-bond donors (Lipinski definition) is 3. The summed E-state index contributed by atoms with van der Waals surface area (Å²) in [6, 6.07) is -0.0458. The number of aliphatic hydroxyl groups excluding tert-OH is 2. The molecule has 0 spiro atoms. The minimum atomic E-state index is -0.790. The number of carbonyl (C=O) groups excluding carboxylic acids is 1. The number of amides is 1. The van der Waals surface area contributed by atoms with E-state index < -0.39 is 12.2 Å². The van der Waals surface area contributed by atoms with Gasteiger partial charge in [-0.2, -0.15) is 0 Å². The number of ether oxygens (including phenoxy) is 3. The maximum absolute atomic E-state index is 11.6. The molecule has 2 fully saturated rings.